The Labute approximate surface area is 108 Å². The average Bonchev–Trinajstić information content (AvgIpc) is 2.71. The van der Waals surface area contributed by atoms with Gasteiger partial charge in [0.25, 0.3) is 6.01 Å². The van der Waals surface area contributed by atoms with Crippen LogP contribution in [0.5, 0.6) is 0 Å². The maximum absolute atomic E-state index is 5.61. The number of nitrogens with one attached hydrogen (secondary N) is 1. The number of aromatic nitrogens is 1. The predicted molar refractivity (Wildman–Crippen MR) is 74.4 cm³/mol. The Morgan fingerprint density at radius 2 is 1.89 bits per heavy atom. The van der Waals surface area contributed by atoms with Crippen LogP contribution in [0.4, 0.5) is 11.7 Å². The van der Waals surface area contributed by atoms with E-state index < -0.39 is 0 Å². The number of rotatable bonds is 4. The summed E-state index contributed by atoms with van der Waals surface area (Å²) >= 11 is 0. The molecule has 4 heteroatoms. The van der Waals surface area contributed by atoms with Crippen molar-refractivity contribution >= 4 is 11.7 Å². The van der Waals surface area contributed by atoms with Gasteiger partial charge in [-0.1, -0.05) is 12.1 Å². The van der Waals surface area contributed by atoms with Crippen LogP contribution in [-0.4, -0.2) is 26.1 Å². The topological polar surface area (TPSA) is 41.3 Å². The number of aryl methyl sites for hydroxylation is 1. The highest BCUT2D eigenvalue weighted by Crippen LogP contribution is 2.19. The molecule has 18 heavy (non-hydrogen) atoms. The van der Waals surface area contributed by atoms with Gasteiger partial charge in [0, 0.05) is 33.3 Å². The summed E-state index contributed by atoms with van der Waals surface area (Å²) in [4.78, 5) is 6.37. The normalized spacial score (nSPS) is 10.4. The van der Waals surface area contributed by atoms with Crippen molar-refractivity contribution < 1.29 is 4.42 Å². The molecular formula is C14H19N3O. The van der Waals surface area contributed by atoms with Gasteiger partial charge in [-0.3, -0.25) is 0 Å². The minimum absolute atomic E-state index is 0.576. The van der Waals surface area contributed by atoms with Crippen LogP contribution in [0, 0.1) is 6.92 Å². The molecular weight excluding hydrogens is 226 g/mol. The van der Waals surface area contributed by atoms with Crippen molar-refractivity contribution in [1.82, 2.24) is 4.98 Å². The zero-order valence-electron chi connectivity index (χ0n) is 11.3. The van der Waals surface area contributed by atoms with Crippen molar-refractivity contribution in [2.45, 2.75) is 13.3 Å². The fourth-order valence-corrected chi connectivity index (χ4v) is 1.80. The lowest BCUT2D eigenvalue weighted by molar-refractivity contribution is 0.528. The molecule has 0 unspecified atom stereocenters. The van der Waals surface area contributed by atoms with E-state index in [1.54, 1.807) is 7.05 Å². The van der Waals surface area contributed by atoms with E-state index in [0.29, 0.717) is 6.01 Å². The molecule has 0 spiro atoms. The van der Waals surface area contributed by atoms with Crippen molar-refractivity contribution in [3.63, 3.8) is 0 Å². The van der Waals surface area contributed by atoms with Crippen LogP contribution in [-0.2, 0) is 6.42 Å². The quantitative estimate of drug-likeness (QED) is 0.899. The molecule has 0 aliphatic heterocycles. The number of hydrogen-bond donors (Lipinski definition) is 1. The molecule has 1 aromatic carbocycles. The number of oxazole rings is 1. The summed E-state index contributed by atoms with van der Waals surface area (Å²) < 4.78 is 5.61. The third-order valence-corrected chi connectivity index (χ3v) is 2.92. The minimum atomic E-state index is 0.576. The molecule has 0 atom stereocenters. The lowest BCUT2D eigenvalue weighted by atomic mass is 10.1. The fourth-order valence-electron chi connectivity index (χ4n) is 1.80. The molecule has 0 amide bonds. The van der Waals surface area contributed by atoms with Crippen molar-refractivity contribution in [3.8, 4) is 0 Å². The smallest absolute Gasteiger partial charge is 0.294 e. The number of benzene rings is 1. The molecule has 0 bridgehead atoms. The molecule has 0 aliphatic carbocycles. The van der Waals surface area contributed by atoms with Gasteiger partial charge < -0.3 is 14.6 Å². The second-order valence-corrected chi connectivity index (χ2v) is 4.52. The van der Waals surface area contributed by atoms with E-state index in [1.807, 2.05) is 21.0 Å². The van der Waals surface area contributed by atoms with Crippen LogP contribution in [0.25, 0.3) is 0 Å². The molecule has 0 fully saturated rings. The van der Waals surface area contributed by atoms with Crippen molar-refractivity contribution in [1.29, 1.82) is 0 Å². The summed E-state index contributed by atoms with van der Waals surface area (Å²) in [5.74, 6) is 0.914. The third-order valence-electron chi connectivity index (χ3n) is 2.92. The Hall–Kier alpha value is -1.97. The van der Waals surface area contributed by atoms with E-state index in [9.17, 15) is 0 Å². The maximum atomic E-state index is 5.61. The first kappa shape index (κ1) is 12.5. The summed E-state index contributed by atoms with van der Waals surface area (Å²) in [5, 5.41) is 2.91. The van der Waals surface area contributed by atoms with E-state index in [2.05, 4.69) is 39.5 Å². The zero-order valence-corrected chi connectivity index (χ0v) is 11.3. The Morgan fingerprint density at radius 3 is 2.39 bits per heavy atom. The Morgan fingerprint density at radius 1 is 1.22 bits per heavy atom. The molecule has 4 nitrogen and oxygen atoms in total. The summed E-state index contributed by atoms with van der Waals surface area (Å²) in [6, 6.07) is 9.04. The van der Waals surface area contributed by atoms with Crippen LogP contribution in [0.3, 0.4) is 0 Å². The molecule has 0 saturated carbocycles. The van der Waals surface area contributed by atoms with Crippen molar-refractivity contribution in [2.75, 3.05) is 31.4 Å². The highest BCUT2D eigenvalue weighted by atomic mass is 16.4. The van der Waals surface area contributed by atoms with E-state index in [-0.39, 0.29) is 0 Å². The Balaban J connectivity index is 2.15. The van der Waals surface area contributed by atoms with Gasteiger partial charge in [-0.2, -0.15) is 4.98 Å². The van der Waals surface area contributed by atoms with Gasteiger partial charge >= 0.3 is 0 Å². The molecule has 0 radical (unpaired) electrons. The average molecular weight is 245 g/mol. The lowest BCUT2D eigenvalue weighted by Crippen LogP contribution is -2.08. The minimum Gasteiger partial charge on any atom is -0.428 e. The SMILES string of the molecule is CNc1nc(C)c(Cc2ccc(N(C)C)cc2)o1. The van der Waals surface area contributed by atoms with Gasteiger partial charge in [0.15, 0.2) is 0 Å². The van der Waals surface area contributed by atoms with Gasteiger partial charge in [0.05, 0.1) is 5.69 Å². The first-order valence-electron chi connectivity index (χ1n) is 6.00. The van der Waals surface area contributed by atoms with Gasteiger partial charge in [-0.25, -0.2) is 0 Å². The van der Waals surface area contributed by atoms with Crippen LogP contribution in [0.1, 0.15) is 17.0 Å². The fraction of sp³-hybridized carbons (Fsp3) is 0.357. The largest absolute Gasteiger partial charge is 0.428 e. The van der Waals surface area contributed by atoms with Crippen LogP contribution >= 0.6 is 0 Å². The second kappa shape index (κ2) is 5.12. The van der Waals surface area contributed by atoms with Crippen LogP contribution < -0.4 is 10.2 Å². The van der Waals surface area contributed by atoms with Gasteiger partial charge in [-0.15, -0.1) is 0 Å². The van der Waals surface area contributed by atoms with E-state index in [0.717, 1.165) is 17.9 Å². The highest BCUT2D eigenvalue weighted by Gasteiger charge is 2.09. The maximum Gasteiger partial charge on any atom is 0.294 e. The first-order chi connectivity index (χ1) is 8.60. The molecule has 1 N–H and O–H groups in total. The Kier molecular flexibility index (Phi) is 3.55. The number of hydrogen-bond acceptors (Lipinski definition) is 4. The zero-order chi connectivity index (χ0) is 13.1. The number of anilines is 2. The van der Waals surface area contributed by atoms with E-state index in [1.165, 1.54) is 11.3 Å². The van der Waals surface area contributed by atoms with Crippen LogP contribution in [0.2, 0.25) is 0 Å². The summed E-state index contributed by atoms with van der Waals surface area (Å²) in [5.41, 5.74) is 3.36. The van der Waals surface area contributed by atoms with E-state index >= 15 is 0 Å². The summed E-state index contributed by atoms with van der Waals surface area (Å²) in [6.45, 7) is 1.97. The number of nitrogens with zero attached hydrogens (tertiary/aromatic N) is 2. The lowest BCUT2D eigenvalue weighted by Gasteiger charge is -2.12. The Bertz CT molecular complexity index is 514. The van der Waals surface area contributed by atoms with Crippen LogP contribution in [0.15, 0.2) is 28.7 Å². The van der Waals surface area contributed by atoms with Gasteiger partial charge in [-0.05, 0) is 24.6 Å². The molecule has 96 valence electrons. The molecule has 2 rings (SSSR count). The predicted octanol–water partition coefficient (Wildman–Crippen LogP) is 2.68. The van der Waals surface area contributed by atoms with Crippen molar-refractivity contribution in [2.24, 2.45) is 0 Å². The monoisotopic (exact) mass is 245 g/mol. The molecule has 2 aromatic rings. The standard InChI is InChI=1S/C14H19N3O/c1-10-13(18-14(15-2)16-10)9-11-5-7-12(8-6-11)17(3)4/h5-8H,9H2,1-4H3,(H,15,16). The van der Waals surface area contributed by atoms with E-state index in [4.69, 9.17) is 4.42 Å². The summed E-state index contributed by atoms with van der Waals surface area (Å²) in [7, 11) is 5.88. The third kappa shape index (κ3) is 2.64. The summed E-state index contributed by atoms with van der Waals surface area (Å²) in [6.07, 6.45) is 0.772. The highest BCUT2D eigenvalue weighted by molar-refractivity contribution is 5.46. The van der Waals surface area contributed by atoms with Gasteiger partial charge in [0.2, 0.25) is 0 Å². The van der Waals surface area contributed by atoms with Crippen molar-refractivity contribution in [3.05, 3.63) is 41.3 Å². The first-order valence-corrected chi connectivity index (χ1v) is 6.00. The molecule has 0 saturated heterocycles. The molecule has 1 aromatic heterocycles. The molecule has 1 heterocycles. The molecule has 0 aliphatic rings. The second-order valence-electron chi connectivity index (χ2n) is 4.52. The van der Waals surface area contributed by atoms with Gasteiger partial charge in [0.1, 0.15) is 5.76 Å².